The first-order valence-corrected chi connectivity index (χ1v) is 9.81. The fourth-order valence-electron chi connectivity index (χ4n) is 3.18. The van der Waals surface area contributed by atoms with E-state index in [1.54, 1.807) is 10.8 Å². The van der Waals surface area contributed by atoms with Crippen LogP contribution in [0.15, 0.2) is 22.8 Å². The molecule has 5 nitrogen and oxygen atoms in total. The summed E-state index contributed by atoms with van der Waals surface area (Å²) in [4.78, 5) is 12.6. The Labute approximate surface area is 162 Å². The highest BCUT2D eigenvalue weighted by Crippen LogP contribution is 2.32. The van der Waals surface area contributed by atoms with Gasteiger partial charge in [-0.1, -0.05) is 15.9 Å². The van der Waals surface area contributed by atoms with Crippen molar-refractivity contribution in [1.82, 2.24) is 4.57 Å². The lowest BCUT2D eigenvalue weighted by atomic mass is 10.1. The predicted octanol–water partition coefficient (Wildman–Crippen LogP) is 5.54. The first-order chi connectivity index (χ1) is 12.3. The first-order valence-electron chi connectivity index (χ1n) is 9.02. The van der Waals surface area contributed by atoms with Gasteiger partial charge < -0.3 is 14.2 Å². The van der Waals surface area contributed by atoms with Gasteiger partial charge >= 0.3 is 6.09 Å². The molecule has 1 unspecified atom stereocenters. The molecule has 0 saturated carbocycles. The molecule has 0 amide bonds. The number of fused-ring (bicyclic) bond motifs is 1. The number of hydrogen-bond acceptors (Lipinski definition) is 4. The van der Waals surface area contributed by atoms with Crippen LogP contribution in [-0.2, 0) is 20.8 Å². The molecule has 2 heterocycles. The second-order valence-corrected chi connectivity index (χ2v) is 8.54. The van der Waals surface area contributed by atoms with Crippen LogP contribution in [0.2, 0.25) is 0 Å². The summed E-state index contributed by atoms with van der Waals surface area (Å²) in [5.74, 6) is 0. The zero-order valence-corrected chi connectivity index (χ0v) is 17.4. The van der Waals surface area contributed by atoms with Crippen LogP contribution in [0.25, 0.3) is 10.9 Å². The maximum Gasteiger partial charge on any atom is 0.419 e. The summed E-state index contributed by atoms with van der Waals surface area (Å²) in [6.45, 7) is 8.77. The fraction of sp³-hybridized carbons (Fsp3) is 0.550. The number of benzene rings is 1. The van der Waals surface area contributed by atoms with E-state index in [1.807, 2.05) is 39.8 Å². The van der Waals surface area contributed by atoms with Crippen molar-refractivity contribution in [2.24, 2.45) is 0 Å². The number of carbonyl (C=O) groups excluding carboxylic acids is 1. The second kappa shape index (κ2) is 7.71. The second-order valence-electron chi connectivity index (χ2n) is 7.69. The van der Waals surface area contributed by atoms with E-state index in [0.717, 1.165) is 52.4 Å². The van der Waals surface area contributed by atoms with E-state index < -0.39 is 5.60 Å². The maximum absolute atomic E-state index is 12.6. The van der Waals surface area contributed by atoms with E-state index in [-0.39, 0.29) is 12.4 Å². The lowest BCUT2D eigenvalue weighted by Crippen LogP contribution is -2.26. The van der Waals surface area contributed by atoms with Crippen molar-refractivity contribution >= 4 is 32.9 Å². The molecule has 0 spiro atoms. The molecule has 0 aliphatic carbocycles. The summed E-state index contributed by atoms with van der Waals surface area (Å²) in [5, 5.41) is 0.985. The van der Waals surface area contributed by atoms with Crippen LogP contribution >= 0.6 is 15.9 Å². The molecule has 1 atom stereocenters. The van der Waals surface area contributed by atoms with Crippen LogP contribution in [-0.4, -0.2) is 29.2 Å². The molecule has 6 heteroatoms. The number of nitrogens with zero attached hydrogens (tertiary/aromatic N) is 1. The largest absolute Gasteiger partial charge is 0.443 e. The molecule has 1 aliphatic rings. The monoisotopic (exact) mass is 423 g/mol. The van der Waals surface area contributed by atoms with Gasteiger partial charge in [-0.3, -0.25) is 4.57 Å². The molecule has 3 rings (SSSR count). The average Bonchev–Trinajstić information content (AvgIpc) is 2.99. The Morgan fingerprint density at radius 3 is 2.81 bits per heavy atom. The minimum Gasteiger partial charge on any atom is -0.443 e. The zero-order valence-electron chi connectivity index (χ0n) is 15.8. The van der Waals surface area contributed by atoms with Crippen molar-refractivity contribution in [2.75, 3.05) is 6.61 Å². The van der Waals surface area contributed by atoms with Crippen LogP contribution in [0, 0.1) is 6.92 Å². The predicted molar refractivity (Wildman–Crippen MR) is 104 cm³/mol. The number of rotatable bonds is 3. The van der Waals surface area contributed by atoms with E-state index in [2.05, 4.69) is 15.9 Å². The van der Waals surface area contributed by atoms with Crippen LogP contribution < -0.4 is 0 Å². The minimum atomic E-state index is -0.540. The third-order valence-electron chi connectivity index (χ3n) is 4.36. The van der Waals surface area contributed by atoms with Crippen molar-refractivity contribution in [3.8, 4) is 0 Å². The number of hydrogen-bond donors (Lipinski definition) is 0. The highest BCUT2D eigenvalue weighted by Gasteiger charge is 2.22. The number of aromatic nitrogens is 1. The van der Waals surface area contributed by atoms with Crippen molar-refractivity contribution in [3.05, 3.63) is 33.9 Å². The molecular formula is C20H26BrNO4. The van der Waals surface area contributed by atoms with Crippen LogP contribution in [0.5, 0.6) is 0 Å². The summed E-state index contributed by atoms with van der Waals surface area (Å²) in [6.07, 6.45) is 4.38. The molecule has 0 radical (unpaired) electrons. The molecule has 142 valence electrons. The van der Waals surface area contributed by atoms with E-state index in [9.17, 15) is 4.79 Å². The Morgan fingerprint density at radius 2 is 2.15 bits per heavy atom. The van der Waals surface area contributed by atoms with Crippen molar-refractivity contribution in [1.29, 1.82) is 0 Å². The highest BCUT2D eigenvalue weighted by atomic mass is 79.9. The standard InChI is InChI=1S/C20H26BrNO4/c1-13-11-16(21)15(12-25-17-7-5-6-10-24-17)14-8-9-22(18(13)14)19(23)26-20(2,3)4/h8-9,11,17H,5-7,10,12H2,1-4H3. The number of ether oxygens (including phenoxy) is 3. The van der Waals surface area contributed by atoms with Gasteiger partial charge in [0.25, 0.3) is 0 Å². The van der Waals surface area contributed by atoms with Crippen LogP contribution in [0.1, 0.15) is 51.2 Å². The van der Waals surface area contributed by atoms with Gasteiger partial charge in [-0.25, -0.2) is 4.79 Å². The quantitative estimate of drug-likeness (QED) is 0.649. The molecule has 2 aromatic rings. The van der Waals surface area contributed by atoms with Crippen molar-refractivity contribution in [2.45, 2.75) is 65.5 Å². The summed E-state index contributed by atoms with van der Waals surface area (Å²) in [7, 11) is 0. The van der Waals surface area contributed by atoms with E-state index in [0.29, 0.717) is 6.61 Å². The van der Waals surface area contributed by atoms with Crippen molar-refractivity contribution < 1.29 is 19.0 Å². The van der Waals surface area contributed by atoms with E-state index in [1.165, 1.54) is 0 Å². The fourth-order valence-corrected chi connectivity index (χ4v) is 3.85. The Morgan fingerprint density at radius 1 is 1.38 bits per heavy atom. The molecule has 26 heavy (non-hydrogen) atoms. The lowest BCUT2D eigenvalue weighted by molar-refractivity contribution is -0.168. The van der Waals surface area contributed by atoms with Crippen LogP contribution in [0.4, 0.5) is 4.79 Å². The summed E-state index contributed by atoms with van der Waals surface area (Å²) in [5.41, 5.74) is 2.33. The Hall–Kier alpha value is -1.37. The molecule has 1 saturated heterocycles. The SMILES string of the molecule is Cc1cc(Br)c(COC2CCCCO2)c2ccn(C(=O)OC(C)(C)C)c12. The summed E-state index contributed by atoms with van der Waals surface area (Å²) in [6, 6.07) is 3.96. The highest BCUT2D eigenvalue weighted by molar-refractivity contribution is 9.10. The normalized spacial score (nSPS) is 18.3. The van der Waals surface area contributed by atoms with Gasteiger partial charge in [-0.15, -0.1) is 0 Å². The molecule has 1 aliphatic heterocycles. The molecule has 1 aromatic heterocycles. The Bertz CT molecular complexity index is 800. The molecule has 0 N–H and O–H groups in total. The van der Waals surface area contributed by atoms with Gasteiger partial charge in [-0.2, -0.15) is 0 Å². The molecular weight excluding hydrogens is 398 g/mol. The Balaban J connectivity index is 1.90. The topological polar surface area (TPSA) is 49.7 Å². The molecule has 0 bridgehead atoms. The van der Waals surface area contributed by atoms with Crippen LogP contribution in [0.3, 0.4) is 0 Å². The van der Waals surface area contributed by atoms with Gasteiger partial charge in [0.2, 0.25) is 0 Å². The van der Waals surface area contributed by atoms with Gasteiger partial charge in [0.05, 0.1) is 12.1 Å². The van der Waals surface area contributed by atoms with Gasteiger partial charge in [-0.05, 0) is 64.7 Å². The summed E-state index contributed by atoms with van der Waals surface area (Å²) < 4.78 is 19.7. The molecule has 1 fully saturated rings. The van der Waals surface area contributed by atoms with Gasteiger partial charge in [0.1, 0.15) is 5.60 Å². The third-order valence-corrected chi connectivity index (χ3v) is 5.07. The lowest BCUT2D eigenvalue weighted by Gasteiger charge is -2.23. The Kier molecular flexibility index (Phi) is 5.75. The number of halogens is 1. The van der Waals surface area contributed by atoms with E-state index in [4.69, 9.17) is 14.2 Å². The van der Waals surface area contributed by atoms with E-state index >= 15 is 0 Å². The zero-order chi connectivity index (χ0) is 18.9. The number of aryl methyl sites for hydroxylation is 1. The van der Waals surface area contributed by atoms with Gasteiger partial charge in [0.15, 0.2) is 6.29 Å². The minimum absolute atomic E-state index is 0.153. The first kappa shape index (κ1) is 19.4. The van der Waals surface area contributed by atoms with Gasteiger partial charge in [0, 0.05) is 28.2 Å². The third kappa shape index (κ3) is 4.30. The van der Waals surface area contributed by atoms with Crippen molar-refractivity contribution in [3.63, 3.8) is 0 Å². The smallest absolute Gasteiger partial charge is 0.419 e. The summed E-state index contributed by atoms with van der Waals surface area (Å²) >= 11 is 3.64. The maximum atomic E-state index is 12.6. The average molecular weight is 424 g/mol. The number of carbonyl (C=O) groups is 1. The molecule has 1 aromatic carbocycles.